The maximum Gasteiger partial charge on any atom is 0.244 e. The van der Waals surface area contributed by atoms with E-state index in [1.165, 1.54) is 11.2 Å². The van der Waals surface area contributed by atoms with Crippen LogP contribution in [0.25, 0.3) is 0 Å². The zero-order valence-corrected chi connectivity index (χ0v) is 9.38. The van der Waals surface area contributed by atoms with Crippen molar-refractivity contribution in [2.75, 3.05) is 5.01 Å². The van der Waals surface area contributed by atoms with Gasteiger partial charge in [0, 0.05) is 18.2 Å². The number of amides is 1. The molecule has 0 aliphatic carbocycles. The number of carbonyl (C=O) groups excluding carboxylic acids is 1. The largest absolute Gasteiger partial charge is 0.273 e. The lowest BCUT2D eigenvalue weighted by atomic mass is 10.0. The molecule has 1 saturated heterocycles. The van der Waals surface area contributed by atoms with Crippen LogP contribution in [0, 0.1) is 0 Å². The number of hydrogen-bond donors (Lipinski definition) is 1. The SMILES string of the molecule is CC1(C)CC(=O)N(c2ccc(Cl)cn2)N1. The van der Waals surface area contributed by atoms with Crippen LogP contribution in [-0.2, 0) is 4.79 Å². The van der Waals surface area contributed by atoms with E-state index in [1.807, 2.05) is 13.8 Å². The van der Waals surface area contributed by atoms with Gasteiger partial charge < -0.3 is 0 Å². The first kappa shape index (κ1) is 10.4. The van der Waals surface area contributed by atoms with Crippen LogP contribution in [0.4, 0.5) is 5.82 Å². The van der Waals surface area contributed by atoms with E-state index in [9.17, 15) is 4.79 Å². The molecular weight excluding hydrogens is 214 g/mol. The Labute approximate surface area is 93.2 Å². The van der Waals surface area contributed by atoms with E-state index in [1.54, 1.807) is 12.1 Å². The van der Waals surface area contributed by atoms with Crippen molar-refractivity contribution in [3.8, 4) is 0 Å². The highest BCUT2D eigenvalue weighted by Crippen LogP contribution is 2.23. The van der Waals surface area contributed by atoms with Crippen molar-refractivity contribution in [2.45, 2.75) is 25.8 Å². The summed E-state index contributed by atoms with van der Waals surface area (Å²) < 4.78 is 0. The van der Waals surface area contributed by atoms with Gasteiger partial charge in [-0.05, 0) is 26.0 Å². The molecule has 0 aromatic carbocycles. The highest BCUT2D eigenvalue weighted by Gasteiger charge is 2.36. The topological polar surface area (TPSA) is 45.2 Å². The molecule has 0 bridgehead atoms. The minimum atomic E-state index is -0.210. The molecule has 1 fully saturated rings. The fourth-order valence-electron chi connectivity index (χ4n) is 1.55. The lowest BCUT2D eigenvalue weighted by Crippen LogP contribution is -2.42. The smallest absolute Gasteiger partial charge is 0.244 e. The molecule has 2 rings (SSSR count). The number of anilines is 1. The number of nitrogens with zero attached hydrogens (tertiary/aromatic N) is 2. The Balaban J connectivity index is 2.25. The predicted octanol–water partition coefficient (Wildman–Crippen LogP) is 1.75. The van der Waals surface area contributed by atoms with Gasteiger partial charge in [0.25, 0.3) is 0 Å². The van der Waals surface area contributed by atoms with E-state index < -0.39 is 0 Å². The van der Waals surface area contributed by atoms with E-state index in [0.717, 1.165) is 0 Å². The van der Waals surface area contributed by atoms with Crippen molar-refractivity contribution in [3.05, 3.63) is 23.4 Å². The summed E-state index contributed by atoms with van der Waals surface area (Å²) in [6.45, 7) is 3.95. The van der Waals surface area contributed by atoms with Crippen LogP contribution in [0.1, 0.15) is 20.3 Å². The molecule has 80 valence electrons. The highest BCUT2D eigenvalue weighted by atomic mass is 35.5. The molecule has 0 unspecified atom stereocenters. The van der Waals surface area contributed by atoms with Crippen LogP contribution in [0.2, 0.25) is 5.02 Å². The van der Waals surface area contributed by atoms with E-state index >= 15 is 0 Å². The third-order valence-electron chi connectivity index (χ3n) is 2.20. The first-order valence-electron chi connectivity index (χ1n) is 4.70. The minimum absolute atomic E-state index is 0.0230. The van der Waals surface area contributed by atoms with Crippen molar-refractivity contribution >= 4 is 23.3 Å². The molecule has 4 nitrogen and oxygen atoms in total. The summed E-state index contributed by atoms with van der Waals surface area (Å²) in [6.07, 6.45) is 1.99. The van der Waals surface area contributed by atoms with E-state index in [-0.39, 0.29) is 11.4 Å². The molecule has 1 N–H and O–H groups in total. The number of halogens is 1. The maximum atomic E-state index is 11.7. The molecule has 0 radical (unpaired) electrons. The molecule has 15 heavy (non-hydrogen) atoms. The summed E-state index contributed by atoms with van der Waals surface area (Å²) in [6, 6.07) is 3.43. The standard InChI is InChI=1S/C10H12ClN3O/c1-10(2)5-9(15)14(13-10)8-4-3-7(11)6-12-8/h3-4,6,13H,5H2,1-2H3. The minimum Gasteiger partial charge on any atom is -0.273 e. The Kier molecular flexibility index (Phi) is 2.40. The predicted molar refractivity (Wildman–Crippen MR) is 58.6 cm³/mol. The lowest BCUT2D eigenvalue weighted by molar-refractivity contribution is -0.117. The molecule has 1 aromatic heterocycles. The van der Waals surface area contributed by atoms with Crippen molar-refractivity contribution in [3.63, 3.8) is 0 Å². The summed E-state index contributed by atoms with van der Waals surface area (Å²) in [5.41, 5.74) is 2.88. The molecule has 1 aliphatic rings. The molecular formula is C10H12ClN3O. The van der Waals surface area contributed by atoms with Gasteiger partial charge in [-0.2, -0.15) is 0 Å². The summed E-state index contributed by atoms with van der Waals surface area (Å²) in [7, 11) is 0. The van der Waals surface area contributed by atoms with Crippen LogP contribution in [0.5, 0.6) is 0 Å². The lowest BCUT2D eigenvalue weighted by Gasteiger charge is -2.20. The number of pyridine rings is 1. The third kappa shape index (κ3) is 2.11. The molecule has 1 amide bonds. The van der Waals surface area contributed by atoms with Gasteiger partial charge in [0.1, 0.15) is 5.82 Å². The van der Waals surface area contributed by atoms with E-state index in [0.29, 0.717) is 17.3 Å². The molecule has 1 aromatic rings. The van der Waals surface area contributed by atoms with Crippen LogP contribution in [0.3, 0.4) is 0 Å². The Bertz CT molecular complexity index is 388. The Morgan fingerprint density at radius 3 is 2.73 bits per heavy atom. The summed E-state index contributed by atoms with van der Waals surface area (Å²) in [5.74, 6) is 0.602. The summed E-state index contributed by atoms with van der Waals surface area (Å²) >= 11 is 5.72. The third-order valence-corrected chi connectivity index (χ3v) is 2.42. The second-order valence-electron chi connectivity index (χ2n) is 4.24. The van der Waals surface area contributed by atoms with E-state index in [2.05, 4.69) is 10.4 Å². The number of aromatic nitrogens is 1. The van der Waals surface area contributed by atoms with Crippen LogP contribution in [0.15, 0.2) is 18.3 Å². The quantitative estimate of drug-likeness (QED) is 0.792. The van der Waals surface area contributed by atoms with Crippen molar-refractivity contribution in [2.24, 2.45) is 0 Å². The van der Waals surface area contributed by atoms with Crippen LogP contribution < -0.4 is 10.4 Å². The fraction of sp³-hybridized carbons (Fsp3) is 0.400. The number of hydrogen-bond acceptors (Lipinski definition) is 3. The van der Waals surface area contributed by atoms with Gasteiger partial charge in [-0.15, -0.1) is 0 Å². The first-order chi connectivity index (χ1) is 6.98. The Morgan fingerprint density at radius 2 is 2.27 bits per heavy atom. The fourth-order valence-corrected chi connectivity index (χ4v) is 1.66. The molecule has 0 spiro atoms. The van der Waals surface area contributed by atoms with Gasteiger partial charge in [-0.3, -0.25) is 4.79 Å². The average molecular weight is 226 g/mol. The molecule has 0 saturated carbocycles. The Morgan fingerprint density at radius 1 is 1.53 bits per heavy atom. The van der Waals surface area contributed by atoms with Crippen LogP contribution in [-0.4, -0.2) is 16.4 Å². The maximum absolute atomic E-state index is 11.7. The van der Waals surface area contributed by atoms with Gasteiger partial charge in [-0.25, -0.2) is 15.4 Å². The first-order valence-corrected chi connectivity index (χ1v) is 5.08. The Hall–Kier alpha value is -1.13. The van der Waals surface area contributed by atoms with Gasteiger partial charge in [0.05, 0.1) is 5.02 Å². The van der Waals surface area contributed by atoms with Gasteiger partial charge >= 0.3 is 0 Å². The van der Waals surface area contributed by atoms with Crippen molar-refractivity contribution in [1.29, 1.82) is 0 Å². The van der Waals surface area contributed by atoms with Crippen molar-refractivity contribution < 1.29 is 4.79 Å². The second-order valence-corrected chi connectivity index (χ2v) is 4.67. The number of hydrazine groups is 1. The van der Waals surface area contributed by atoms with Gasteiger partial charge in [-0.1, -0.05) is 11.6 Å². The number of rotatable bonds is 1. The highest BCUT2D eigenvalue weighted by molar-refractivity contribution is 6.30. The summed E-state index contributed by atoms with van der Waals surface area (Å²) in [4.78, 5) is 15.8. The molecule has 1 aliphatic heterocycles. The van der Waals surface area contributed by atoms with E-state index in [4.69, 9.17) is 11.6 Å². The van der Waals surface area contributed by atoms with Gasteiger partial charge in [0.2, 0.25) is 5.91 Å². The number of nitrogens with one attached hydrogen (secondary N) is 1. The summed E-state index contributed by atoms with van der Waals surface area (Å²) in [5, 5.41) is 2.03. The van der Waals surface area contributed by atoms with Crippen molar-refractivity contribution in [1.82, 2.24) is 10.4 Å². The molecule has 0 atom stereocenters. The zero-order valence-electron chi connectivity index (χ0n) is 8.62. The van der Waals surface area contributed by atoms with Gasteiger partial charge in [0.15, 0.2) is 0 Å². The molecule has 5 heteroatoms. The zero-order chi connectivity index (χ0) is 11.1. The monoisotopic (exact) mass is 225 g/mol. The number of carbonyl (C=O) groups is 1. The van der Waals surface area contributed by atoms with Crippen LogP contribution >= 0.6 is 11.6 Å². The molecule has 2 heterocycles. The average Bonchev–Trinajstić information content (AvgIpc) is 2.41. The normalized spacial score (nSPS) is 19.7. The second kappa shape index (κ2) is 3.47.